The van der Waals surface area contributed by atoms with Crippen LogP contribution in [0.4, 0.5) is 18.9 Å². The van der Waals surface area contributed by atoms with Crippen molar-refractivity contribution in [3.63, 3.8) is 0 Å². The van der Waals surface area contributed by atoms with Gasteiger partial charge in [-0.25, -0.2) is 4.68 Å². The van der Waals surface area contributed by atoms with Crippen molar-refractivity contribution in [1.82, 2.24) is 14.8 Å². The lowest BCUT2D eigenvalue weighted by atomic mass is 10.1. The number of ether oxygens (including phenoxy) is 3. The molecular weight excluding hydrogens is 513 g/mol. The molecule has 4 aromatic rings. The third-order valence-electron chi connectivity index (χ3n) is 5.44. The lowest BCUT2D eigenvalue weighted by molar-refractivity contribution is -0.137. The first-order valence-corrected chi connectivity index (χ1v) is 12.2. The van der Waals surface area contributed by atoms with Crippen LogP contribution < -0.4 is 10.1 Å². The fourth-order valence-corrected chi connectivity index (χ4v) is 3.61. The summed E-state index contributed by atoms with van der Waals surface area (Å²) in [5, 5.41) is 7.09. The number of amides is 1. The van der Waals surface area contributed by atoms with Crippen LogP contribution in [0.3, 0.4) is 0 Å². The van der Waals surface area contributed by atoms with Crippen LogP contribution in [-0.2, 0) is 27.1 Å². The van der Waals surface area contributed by atoms with E-state index < -0.39 is 11.7 Å². The Balaban J connectivity index is 1.49. The number of nitrogens with zero attached hydrogens (tertiary/aromatic N) is 3. The molecule has 0 spiro atoms. The topological polar surface area (TPSA) is 87.5 Å². The van der Waals surface area contributed by atoms with Gasteiger partial charge >= 0.3 is 12.2 Å². The monoisotopic (exact) mass is 540 g/mol. The Kier molecular flexibility index (Phi) is 9.29. The van der Waals surface area contributed by atoms with Gasteiger partial charge in [-0.15, -0.1) is 5.10 Å². The molecule has 204 valence electrons. The Hall–Kier alpha value is -4.22. The van der Waals surface area contributed by atoms with Crippen molar-refractivity contribution >= 4 is 11.6 Å². The van der Waals surface area contributed by atoms with Gasteiger partial charge in [0, 0.05) is 17.9 Å². The average Bonchev–Trinajstić information content (AvgIpc) is 3.36. The predicted molar refractivity (Wildman–Crippen MR) is 139 cm³/mol. The first-order valence-electron chi connectivity index (χ1n) is 12.2. The molecule has 0 saturated heterocycles. The van der Waals surface area contributed by atoms with Crippen molar-refractivity contribution in [2.75, 3.05) is 31.7 Å². The minimum absolute atomic E-state index is 0.00458. The quantitative estimate of drug-likeness (QED) is 0.238. The van der Waals surface area contributed by atoms with Crippen LogP contribution in [0.1, 0.15) is 18.1 Å². The van der Waals surface area contributed by atoms with Gasteiger partial charge in [0.05, 0.1) is 24.5 Å². The molecule has 4 rings (SSSR count). The van der Waals surface area contributed by atoms with E-state index in [1.165, 1.54) is 16.8 Å². The number of rotatable bonds is 12. The normalized spacial score (nSPS) is 11.4. The number of benzene rings is 3. The maximum absolute atomic E-state index is 13.3. The van der Waals surface area contributed by atoms with Gasteiger partial charge in [0.2, 0.25) is 5.91 Å². The Morgan fingerprint density at radius 3 is 2.44 bits per heavy atom. The first-order chi connectivity index (χ1) is 18.8. The number of carbonyl (C=O) groups excluding carboxylic acids is 1. The molecule has 11 heteroatoms. The largest absolute Gasteiger partial charge is 0.460 e. The van der Waals surface area contributed by atoms with Crippen molar-refractivity contribution in [3.05, 3.63) is 90.0 Å². The van der Waals surface area contributed by atoms with Crippen molar-refractivity contribution < 1.29 is 32.2 Å². The summed E-state index contributed by atoms with van der Waals surface area (Å²) in [6.45, 7) is 3.05. The molecular formula is C28H27F3N4O4. The fourth-order valence-electron chi connectivity index (χ4n) is 3.61. The second kappa shape index (κ2) is 13.0. The van der Waals surface area contributed by atoms with Gasteiger partial charge in [0.25, 0.3) is 0 Å². The zero-order valence-electron chi connectivity index (χ0n) is 21.1. The molecule has 1 N–H and O–H groups in total. The standard InChI is InChI=1S/C28H27F3N4O4/c1-2-37-15-16-39-27-33-26(21-9-6-10-22(17-21)28(29,30)31)35(34-27)24-13-11-23(12-14-24)32-25(36)19-38-18-20-7-4-3-5-8-20/h3-14,17H,2,15-16,18-19H2,1H3,(H,32,36). The Morgan fingerprint density at radius 2 is 1.72 bits per heavy atom. The van der Waals surface area contributed by atoms with Crippen LogP contribution in [0.25, 0.3) is 17.1 Å². The second-order valence-corrected chi connectivity index (χ2v) is 8.33. The highest BCUT2D eigenvalue weighted by Gasteiger charge is 2.31. The zero-order valence-corrected chi connectivity index (χ0v) is 21.1. The van der Waals surface area contributed by atoms with Crippen LogP contribution >= 0.6 is 0 Å². The lowest BCUT2D eigenvalue weighted by Gasteiger charge is -2.10. The Morgan fingerprint density at radius 1 is 0.949 bits per heavy atom. The summed E-state index contributed by atoms with van der Waals surface area (Å²) in [5.74, 6) is -0.160. The molecule has 0 aliphatic carbocycles. The van der Waals surface area contributed by atoms with E-state index in [1.807, 2.05) is 37.3 Å². The lowest BCUT2D eigenvalue weighted by Crippen LogP contribution is -2.18. The number of aromatic nitrogens is 3. The highest BCUT2D eigenvalue weighted by Crippen LogP contribution is 2.33. The van der Waals surface area contributed by atoms with Gasteiger partial charge in [0.1, 0.15) is 13.2 Å². The zero-order chi connectivity index (χ0) is 27.7. The SMILES string of the molecule is CCOCCOc1nc(-c2cccc(C(F)(F)F)c2)n(-c2ccc(NC(=O)COCc3ccccc3)cc2)n1. The average molecular weight is 541 g/mol. The second-order valence-electron chi connectivity index (χ2n) is 8.33. The molecule has 0 unspecified atom stereocenters. The Labute approximate surface area is 223 Å². The molecule has 1 aromatic heterocycles. The molecule has 0 atom stereocenters. The first kappa shape index (κ1) is 27.8. The number of nitrogens with one attached hydrogen (secondary N) is 1. The molecule has 8 nitrogen and oxygen atoms in total. The summed E-state index contributed by atoms with van der Waals surface area (Å²) in [5.41, 5.74) is 1.39. The van der Waals surface area contributed by atoms with Crippen molar-refractivity contribution in [2.45, 2.75) is 19.7 Å². The molecule has 0 saturated carbocycles. The van der Waals surface area contributed by atoms with Gasteiger partial charge in [-0.3, -0.25) is 4.79 Å². The van der Waals surface area contributed by atoms with Crippen molar-refractivity contribution in [2.24, 2.45) is 0 Å². The number of anilines is 1. The van der Waals surface area contributed by atoms with E-state index in [4.69, 9.17) is 14.2 Å². The molecule has 0 radical (unpaired) electrons. The number of hydrogen-bond acceptors (Lipinski definition) is 6. The third kappa shape index (κ3) is 7.88. The summed E-state index contributed by atoms with van der Waals surface area (Å²) >= 11 is 0. The molecule has 1 heterocycles. The maximum atomic E-state index is 13.3. The van der Waals surface area contributed by atoms with Crippen molar-refractivity contribution in [1.29, 1.82) is 0 Å². The van der Waals surface area contributed by atoms with E-state index in [2.05, 4.69) is 15.4 Å². The summed E-state index contributed by atoms with van der Waals surface area (Å²) in [4.78, 5) is 16.6. The van der Waals surface area contributed by atoms with Crippen LogP contribution in [0, 0.1) is 0 Å². The van der Waals surface area contributed by atoms with Crippen LogP contribution in [0.15, 0.2) is 78.9 Å². The van der Waals surface area contributed by atoms with E-state index in [-0.39, 0.29) is 36.5 Å². The number of hydrogen-bond donors (Lipinski definition) is 1. The molecule has 0 aliphatic rings. The number of alkyl halides is 3. The minimum Gasteiger partial charge on any atom is -0.460 e. The van der Waals surface area contributed by atoms with Gasteiger partial charge in [0.15, 0.2) is 5.82 Å². The van der Waals surface area contributed by atoms with Crippen LogP contribution in [0.5, 0.6) is 6.01 Å². The molecule has 0 aliphatic heterocycles. The van der Waals surface area contributed by atoms with Crippen LogP contribution in [-0.4, -0.2) is 47.1 Å². The third-order valence-corrected chi connectivity index (χ3v) is 5.44. The van der Waals surface area contributed by atoms with E-state index in [9.17, 15) is 18.0 Å². The summed E-state index contributed by atoms with van der Waals surface area (Å²) in [6, 6.07) is 20.9. The maximum Gasteiger partial charge on any atom is 0.416 e. The number of carbonyl (C=O) groups is 1. The number of halogens is 3. The van der Waals surface area contributed by atoms with E-state index in [0.717, 1.165) is 17.7 Å². The van der Waals surface area contributed by atoms with E-state index >= 15 is 0 Å². The Bertz CT molecular complexity index is 1360. The fraction of sp³-hybridized carbons (Fsp3) is 0.250. The molecule has 3 aromatic carbocycles. The van der Waals surface area contributed by atoms with Crippen molar-refractivity contribution in [3.8, 4) is 23.1 Å². The van der Waals surface area contributed by atoms with Gasteiger partial charge in [-0.2, -0.15) is 18.2 Å². The molecule has 0 bridgehead atoms. The smallest absolute Gasteiger partial charge is 0.416 e. The molecule has 39 heavy (non-hydrogen) atoms. The van der Waals surface area contributed by atoms with E-state index in [1.54, 1.807) is 24.3 Å². The molecule has 0 fully saturated rings. The minimum atomic E-state index is -4.51. The highest BCUT2D eigenvalue weighted by molar-refractivity contribution is 5.91. The summed E-state index contributed by atoms with van der Waals surface area (Å²) < 4.78 is 57.7. The van der Waals surface area contributed by atoms with Gasteiger partial charge in [-0.05, 0) is 48.9 Å². The van der Waals surface area contributed by atoms with Gasteiger partial charge < -0.3 is 19.5 Å². The molecule has 1 amide bonds. The summed E-state index contributed by atoms with van der Waals surface area (Å²) in [6.07, 6.45) is -4.51. The summed E-state index contributed by atoms with van der Waals surface area (Å²) in [7, 11) is 0. The highest BCUT2D eigenvalue weighted by atomic mass is 19.4. The van der Waals surface area contributed by atoms with Gasteiger partial charge in [-0.1, -0.05) is 42.5 Å². The predicted octanol–water partition coefficient (Wildman–Crippen LogP) is 5.52. The van der Waals surface area contributed by atoms with Crippen LogP contribution in [0.2, 0.25) is 0 Å². The van der Waals surface area contributed by atoms with E-state index in [0.29, 0.717) is 31.2 Å².